The molecule has 0 saturated carbocycles. The minimum atomic E-state index is -5.08. The van der Waals surface area contributed by atoms with E-state index in [1.165, 1.54) is 0 Å². The number of halogens is 3. The van der Waals surface area contributed by atoms with E-state index in [0.29, 0.717) is 63.4 Å². The number of nitrogens with zero attached hydrogens (tertiary/aromatic N) is 2. The summed E-state index contributed by atoms with van der Waals surface area (Å²) in [5.41, 5.74) is 0.809. The number of carbonyl (C=O) groups excluding carboxylic acids is 2. The summed E-state index contributed by atoms with van der Waals surface area (Å²) in [5, 5.41) is 0. The van der Waals surface area contributed by atoms with Crippen molar-refractivity contribution in [1.29, 1.82) is 0 Å². The molecular formula is C30H37F3N2O5. The Balaban J connectivity index is 1.45. The molecule has 2 fully saturated rings. The molecule has 1 unspecified atom stereocenters. The van der Waals surface area contributed by atoms with Gasteiger partial charge in [0.05, 0.1) is 12.7 Å². The summed E-state index contributed by atoms with van der Waals surface area (Å²) in [5.74, 6) is -0.908. The van der Waals surface area contributed by atoms with E-state index in [9.17, 15) is 22.8 Å². The zero-order chi connectivity index (χ0) is 28.9. The van der Waals surface area contributed by atoms with Gasteiger partial charge in [0.1, 0.15) is 17.6 Å². The van der Waals surface area contributed by atoms with E-state index >= 15 is 0 Å². The molecule has 2 aromatic rings. The first-order chi connectivity index (χ1) is 19.0. The van der Waals surface area contributed by atoms with E-state index in [2.05, 4.69) is 0 Å². The molecule has 7 nitrogen and oxygen atoms in total. The van der Waals surface area contributed by atoms with Crippen LogP contribution in [0.25, 0.3) is 0 Å². The maximum absolute atomic E-state index is 13.2. The Morgan fingerprint density at radius 2 is 1.65 bits per heavy atom. The maximum Gasteiger partial charge on any atom is 0.490 e. The molecule has 2 aliphatic heterocycles. The first-order valence-electron chi connectivity index (χ1n) is 13.8. The van der Waals surface area contributed by atoms with Crippen molar-refractivity contribution in [2.75, 3.05) is 32.8 Å². The highest BCUT2D eigenvalue weighted by Gasteiger charge is 2.51. The molecule has 2 heterocycles. The number of rotatable bonds is 8. The van der Waals surface area contributed by atoms with Crippen LogP contribution in [0, 0.1) is 5.41 Å². The van der Waals surface area contributed by atoms with Crippen LogP contribution >= 0.6 is 0 Å². The summed E-state index contributed by atoms with van der Waals surface area (Å²) in [6.45, 7) is 8.25. The van der Waals surface area contributed by atoms with Crippen molar-refractivity contribution >= 4 is 11.9 Å². The van der Waals surface area contributed by atoms with E-state index in [0.717, 1.165) is 11.3 Å². The predicted molar refractivity (Wildman–Crippen MR) is 143 cm³/mol. The van der Waals surface area contributed by atoms with Gasteiger partial charge in [0.25, 0.3) is 5.91 Å². The zero-order valence-electron chi connectivity index (χ0n) is 23.2. The fourth-order valence-corrected chi connectivity index (χ4v) is 5.59. The molecule has 0 aliphatic carbocycles. The van der Waals surface area contributed by atoms with Crippen LogP contribution in [0.3, 0.4) is 0 Å². The molecular weight excluding hydrogens is 525 g/mol. The molecule has 2 saturated heterocycles. The van der Waals surface area contributed by atoms with Gasteiger partial charge in [-0.05, 0) is 76.9 Å². The van der Waals surface area contributed by atoms with Gasteiger partial charge in [0.2, 0.25) is 0 Å². The fraction of sp³-hybridized carbons (Fsp3) is 0.533. The minimum absolute atomic E-state index is 0.0186. The molecule has 0 N–H and O–H groups in total. The van der Waals surface area contributed by atoms with Crippen molar-refractivity contribution in [2.45, 2.75) is 65.0 Å². The van der Waals surface area contributed by atoms with E-state index < -0.39 is 23.7 Å². The molecule has 2 aromatic carbocycles. The highest BCUT2D eigenvalue weighted by molar-refractivity contribution is 5.94. The zero-order valence-corrected chi connectivity index (χ0v) is 23.2. The van der Waals surface area contributed by atoms with E-state index in [1.54, 1.807) is 29.2 Å². The Hall–Kier alpha value is -3.27. The normalized spacial score (nSPS) is 19.5. The molecule has 0 aromatic heterocycles. The van der Waals surface area contributed by atoms with Gasteiger partial charge in [-0.3, -0.25) is 9.69 Å². The Kier molecular flexibility index (Phi) is 9.28. The molecule has 1 atom stereocenters. The molecule has 1 spiro atoms. The number of piperidine rings is 2. The summed E-state index contributed by atoms with van der Waals surface area (Å²) < 4.78 is 56.2. The number of hydrogen-bond donors (Lipinski definition) is 0. The molecule has 0 radical (unpaired) electrons. The molecule has 40 heavy (non-hydrogen) atoms. The maximum atomic E-state index is 13.2. The second kappa shape index (κ2) is 12.5. The lowest BCUT2D eigenvalue weighted by molar-refractivity contribution is -0.216. The second-order valence-corrected chi connectivity index (χ2v) is 10.8. The van der Waals surface area contributed by atoms with Crippen LogP contribution < -0.4 is 9.47 Å². The van der Waals surface area contributed by atoms with Crippen molar-refractivity contribution in [1.82, 2.24) is 9.80 Å². The van der Waals surface area contributed by atoms with Crippen LogP contribution in [0.1, 0.15) is 56.0 Å². The average molecular weight is 563 g/mol. The molecule has 218 valence electrons. The fourth-order valence-electron chi connectivity index (χ4n) is 5.59. The smallest absolute Gasteiger partial charge is 0.490 e. The first kappa shape index (κ1) is 29.7. The number of likely N-dealkylation sites (tertiary alicyclic amines) is 2. The van der Waals surface area contributed by atoms with Gasteiger partial charge in [-0.25, -0.2) is 4.79 Å². The number of carbonyl (C=O) groups is 2. The van der Waals surface area contributed by atoms with Crippen LogP contribution in [0.4, 0.5) is 13.2 Å². The summed E-state index contributed by atoms with van der Waals surface area (Å²) >= 11 is 0. The third kappa shape index (κ3) is 7.08. The van der Waals surface area contributed by atoms with Crippen LogP contribution in [-0.2, 0) is 16.1 Å². The summed E-state index contributed by atoms with van der Waals surface area (Å²) in [4.78, 5) is 28.8. The van der Waals surface area contributed by atoms with Crippen molar-refractivity contribution in [3.05, 3.63) is 59.7 Å². The van der Waals surface area contributed by atoms with Crippen molar-refractivity contribution < 1.29 is 37.0 Å². The van der Waals surface area contributed by atoms with E-state index in [4.69, 9.17) is 14.2 Å². The standard InChI is InChI=1S/C30H37F3N2O5/c1-4-38-25-8-6-5-7-23(25)19-34-16-13-29(26(20-34)40-28(37)30(31,32)33)14-17-35(18-15-29)27(36)22-9-11-24(12-10-22)39-21(2)3/h5-12,21,26H,4,13-20H2,1-3H3. The van der Waals surface area contributed by atoms with Crippen molar-refractivity contribution in [3.63, 3.8) is 0 Å². The number of esters is 1. The van der Waals surface area contributed by atoms with Gasteiger partial charge < -0.3 is 19.1 Å². The third-order valence-corrected chi connectivity index (χ3v) is 7.70. The van der Waals surface area contributed by atoms with Crippen LogP contribution in [0.2, 0.25) is 0 Å². The van der Waals surface area contributed by atoms with Gasteiger partial charge in [0.15, 0.2) is 0 Å². The highest BCUT2D eigenvalue weighted by atomic mass is 19.4. The molecule has 0 bridgehead atoms. The van der Waals surface area contributed by atoms with Crippen LogP contribution in [-0.4, -0.2) is 72.8 Å². The highest BCUT2D eigenvalue weighted by Crippen LogP contribution is 2.44. The largest absolute Gasteiger partial charge is 0.494 e. The summed E-state index contributed by atoms with van der Waals surface area (Å²) in [6, 6.07) is 14.5. The van der Waals surface area contributed by atoms with Gasteiger partial charge in [-0.2, -0.15) is 13.2 Å². The minimum Gasteiger partial charge on any atom is -0.494 e. The SMILES string of the molecule is CCOc1ccccc1CN1CCC2(CCN(C(=O)c3ccc(OC(C)C)cc3)CC2)C(OC(=O)C(F)(F)F)C1. The summed E-state index contributed by atoms with van der Waals surface area (Å²) in [6.07, 6.45) is -4.54. The molecule has 4 rings (SSSR count). The van der Waals surface area contributed by atoms with Crippen LogP contribution in [0.15, 0.2) is 48.5 Å². The average Bonchev–Trinajstić information content (AvgIpc) is 2.91. The van der Waals surface area contributed by atoms with Crippen molar-refractivity contribution in [3.8, 4) is 11.5 Å². The number of hydrogen-bond acceptors (Lipinski definition) is 6. The Morgan fingerprint density at radius 3 is 2.27 bits per heavy atom. The van der Waals surface area contributed by atoms with Gasteiger partial charge in [-0.1, -0.05) is 18.2 Å². The number of ether oxygens (including phenoxy) is 3. The predicted octanol–water partition coefficient (Wildman–Crippen LogP) is 5.47. The molecule has 2 aliphatic rings. The second-order valence-electron chi connectivity index (χ2n) is 10.8. The monoisotopic (exact) mass is 562 g/mol. The number of benzene rings is 2. The Bertz CT molecular complexity index is 1160. The summed E-state index contributed by atoms with van der Waals surface area (Å²) in [7, 11) is 0. The lowest BCUT2D eigenvalue weighted by atomic mass is 9.69. The first-order valence-corrected chi connectivity index (χ1v) is 13.8. The Labute approximate surface area is 233 Å². The number of amides is 1. The Morgan fingerprint density at radius 1 is 1.00 bits per heavy atom. The van der Waals surface area contributed by atoms with Crippen molar-refractivity contribution in [2.24, 2.45) is 5.41 Å². The third-order valence-electron chi connectivity index (χ3n) is 7.70. The number of para-hydroxylation sites is 1. The van der Waals surface area contributed by atoms with E-state index in [-0.39, 0.29) is 18.6 Å². The van der Waals surface area contributed by atoms with Crippen LogP contribution in [0.5, 0.6) is 11.5 Å². The van der Waals surface area contributed by atoms with Gasteiger partial charge in [-0.15, -0.1) is 0 Å². The van der Waals surface area contributed by atoms with Gasteiger partial charge >= 0.3 is 12.1 Å². The molecule has 1 amide bonds. The van der Waals surface area contributed by atoms with Gasteiger partial charge in [0, 0.05) is 42.7 Å². The lowest BCUT2D eigenvalue weighted by Crippen LogP contribution is -2.57. The van der Waals surface area contributed by atoms with E-state index in [1.807, 2.05) is 49.9 Å². The topological polar surface area (TPSA) is 68.3 Å². The molecule has 10 heteroatoms. The lowest BCUT2D eigenvalue weighted by Gasteiger charge is -2.51. The number of alkyl halides is 3. The quantitative estimate of drug-likeness (QED) is 0.398.